The molecule has 4 amide bonds. The van der Waals surface area contributed by atoms with Crippen LogP contribution >= 0.6 is 0 Å². The fourth-order valence-corrected chi connectivity index (χ4v) is 4.22. The van der Waals surface area contributed by atoms with Gasteiger partial charge in [0.15, 0.2) is 0 Å². The van der Waals surface area contributed by atoms with E-state index in [1.54, 1.807) is 57.9 Å². The molecule has 2 aromatic heterocycles. The molecule has 0 saturated heterocycles. The van der Waals surface area contributed by atoms with Gasteiger partial charge in [-0.05, 0) is 76.2 Å². The van der Waals surface area contributed by atoms with Crippen LogP contribution in [0.3, 0.4) is 0 Å². The van der Waals surface area contributed by atoms with Crippen LogP contribution < -0.4 is 28.4 Å². The summed E-state index contributed by atoms with van der Waals surface area (Å²) in [5, 5.41) is 1.83. The second-order valence-corrected chi connectivity index (χ2v) is 8.91. The summed E-state index contributed by atoms with van der Waals surface area (Å²) in [5.41, 5.74) is 5.62. The lowest BCUT2D eigenvalue weighted by Gasteiger charge is -2.19. The van der Waals surface area contributed by atoms with E-state index in [4.69, 9.17) is 11.7 Å². The molecule has 0 spiro atoms. The third-order valence-electron chi connectivity index (χ3n) is 6.36. The van der Waals surface area contributed by atoms with Gasteiger partial charge in [-0.25, -0.2) is 10.9 Å². The van der Waals surface area contributed by atoms with Gasteiger partial charge in [-0.1, -0.05) is 31.7 Å². The number of carbonyl (C=O) groups is 4. The number of imide groups is 2. The van der Waals surface area contributed by atoms with Crippen molar-refractivity contribution < 1.29 is 19.2 Å². The van der Waals surface area contributed by atoms with E-state index in [-0.39, 0.29) is 19.2 Å². The van der Waals surface area contributed by atoms with Crippen molar-refractivity contribution in [1.29, 1.82) is 0 Å². The third kappa shape index (κ3) is 6.09. The van der Waals surface area contributed by atoms with Crippen LogP contribution in [-0.4, -0.2) is 38.0 Å². The normalized spacial score (nSPS) is 12.8. The van der Waals surface area contributed by atoms with E-state index in [0.29, 0.717) is 27.3 Å². The van der Waals surface area contributed by atoms with Crippen LogP contribution in [0, 0.1) is 27.7 Å². The van der Waals surface area contributed by atoms with E-state index in [1.165, 1.54) is 5.01 Å². The van der Waals surface area contributed by atoms with Gasteiger partial charge in [-0.15, -0.1) is 0 Å². The number of carbonyl (C=O) groups excluding carboxylic acids is 4. The largest absolute Gasteiger partial charge is 0.339 e. The first kappa shape index (κ1) is 32.2. The van der Waals surface area contributed by atoms with Crippen LogP contribution in [0.25, 0.3) is 0 Å². The van der Waals surface area contributed by atoms with Gasteiger partial charge in [0.05, 0.1) is 22.3 Å². The van der Waals surface area contributed by atoms with E-state index in [9.17, 15) is 19.2 Å². The maximum absolute atomic E-state index is 12.3. The van der Waals surface area contributed by atoms with Crippen LogP contribution in [0.15, 0.2) is 72.8 Å². The van der Waals surface area contributed by atoms with Crippen molar-refractivity contribution in [2.45, 2.75) is 35.1 Å². The third-order valence-corrected chi connectivity index (χ3v) is 6.36. The summed E-state index contributed by atoms with van der Waals surface area (Å²) in [6.45, 7) is 7.70. The van der Waals surface area contributed by atoms with E-state index >= 15 is 0 Å². The minimum atomic E-state index is -0.435. The van der Waals surface area contributed by atoms with E-state index < -0.39 is 11.8 Å². The van der Waals surface area contributed by atoms with Crippen LogP contribution in [0.1, 0.15) is 71.6 Å². The second-order valence-electron chi connectivity index (χ2n) is 8.91. The van der Waals surface area contributed by atoms with Crippen LogP contribution in [0.4, 0.5) is 0 Å². The molecule has 4 aromatic rings. The van der Waals surface area contributed by atoms with Crippen LogP contribution in [0.5, 0.6) is 0 Å². The summed E-state index contributed by atoms with van der Waals surface area (Å²) >= 11 is 0. The molecule has 6 rings (SSSR count). The van der Waals surface area contributed by atoms with Crippen molar-refractivity contribution in [3.63, 3.8) is 0 Å². The summed E-state index contributed by atoms with van der Waals surface area (Å²) in [6, 6.07) is 21.2. The maximum atomic E-state index is 12.3. The highest BCUT2D eigenvalue weighted by molar-refractivity contribution is 6.30. The summed E-state index contributed by atoms with van der Waals surface area (Å²) in [6.07, 6.45) is 0. The SMILES string of the molecule is C.Cc1ccc(C)n1N.Cc1ccc(C)n1N1C(=O)c2ccccc2C1=O.NN.NN1C(=O)c2ccccc2C1=O. The van der Waals surface area contributed by atoms with Gasteiger partial charge in [0.1, 0.15) is 0 Å². The van der Waals surface area contributed by atoms with Gasteiger partial charge in [0, 0.05) is 22.8 Å². The zero-order valence-electron chi connectivity index (χ0n) is 22.7. The second kappa shape index (κ2) is 13.3. The van der Waals surface area contributed by atoms with Crippen molar-refractivity contribution >= 4 is 23.6 Å². The van der Waals surface area contributed by atoms with Crippen molar-refractivity contribution in [1.82, 2.24) is 14.4 Å². The minimum Gasteiger partial charge on any atom is -0.339 e. The predicted octanol–water partition coefficient (Wildman–Crippen LogP) is 2.47. The molecule has 0 atom stereocenters. The molecule has 12 nitrogen and oxygen atoms in total. The van der Waals surface area contributed by atoms with E-state index in [2.05, 4.69) is 11.7 Å². The molecule has 41 heavy (non-hydrogen) atoms. The molecule has 0 aliphatic carbocycles. The Labute approximate surface area is 238 Å². The molecule has 2 aromatic carbocycles. The van der Waals surface area contributed by atoms with Gasteiger partial charge in [-0.3, -0.25) is 40.2 Å². The van der Waals surface area contributed by atoms with Crippen molar-refractivity contribution in [3.05, 3.63) is 118 Å². The molecular weight excluding hydrogens is 524 g/mol. The number of nitrogen functional groups attached to an aromatic ring is 1. The standard InChI is InChI=1S/C14H12N2O2.C8H6N2O2.C6H10N2.CH4.H4N2/c1-9-7-8-10(2)15(9)16-13(17)11-5-3-4-6-12(11)14(16)18;9-10-7(11)5-3-1-2-4-6(5)8(10)12;1-5-3-4-6(2)8(5)7;;1-2/h3-8H,1-2H3;1-4H,9H2;3-4H,7H2,1-2H3;1H4;1-2H2. The Kier molecular flexibility index (Phi) is 10.5. The average molecular weight is 561 g/mol. The number of hydrazine groups is 2. The molecule has 0 bridgehead atoms. The zero-order valence-corrected chi connectivity index (χ0v) is 22.7. The maximum Gasteiger partial charge on any atom is 0.281 e. The number of aryl methyl sites for hydroxylation is 4. The van der Waals surface area contributed by atoms with Gasteiger partial charge in [-0.2, -0.15) is 5.01 Å². The van der Waals surface area contributed by atoms with Gasteiger partial charge >= 0.3 is 0 Å². The summed E-state index contributed by atoms with van der Waals surface area (Å²) in [4.78, 5) is 47.0. The fourth-order valence-electron chi connectivity index (χ4n) is 4.22. The number of aromatic nitrogens is 2. The lowest BCUT2D eigenvalue weighted by Crippen LogP contribution is -2.41. The Morgan fingerprint density at radius 2 is 0.780 bits per heavy atom. The number of hydrogen-bond donors (Lipinski definition) is 4. The van der Waals surface area contributed by atoms with Crippen molar-refractivity contribution in [3.8, 4) is 0 Å². The summed E-state index contributed by atoms with van der Waals surface area (Å²) in [7, 11) is 0. The van der Waals surface area contributed by atoms with Gasteiger partial charge in [0.25, 0.3) is 23.6 Å². The Morgan fingerprint density at radius 1 is 0.488 bits per heavy atom. The minimum absolute atomic E-state index is 0. The molecule has 0 unspecified atom stereocenters. The highest BCUT2D eigenvalue weighted by Crippen LogP contribution is 2.23. The highest BCUT2D eigenvalue weighted by atomic mass is 16.2. The zero-order chi connectivity index (χ0) is 29.7. The molecule has 2 aliphatic heterocycles. The predicted molar refractivity (Wildman–Crippen MR) is 158 cm³/mol. The topological polar surface area (TPSA) is 189 Å². The fraction of sp³-hybridized carbons (Fsp3) is 0.172. The summed E-state index contributed by atoms with van der Waals surface area (Å²) < 4.78 is 3.32. The Bertz CT molecular complexity index is 1480. The molecule has 216 valence electrons. The number of nitrogens with zero attached hydrogens (tertiary/aromatic N) is 4. The molecule has 0 fully saturated rings. The van der Waals surface area contributed by atoms with Crippen molar-refractivity contribution in [2.24, 2.45) is 17.5 Å². The van der Waals surface area contributed by atoms with Gasteiger partial charge < -0.3 is 5.84 Å². The number of rotatable bonds is 1. The van der Waals surface area contributed by atoms with E-state index in [0.717, 1.165) is 22.8 Å². The average Bonchev–Trinajstić information content (AvgIpc) is 3.62. The monoisotopic (exact) mass is 560 g/mol. The molecule has 8 N–H and O–H groups in total. The Morgan fingerprint density at radius 3 is 1.07 bits per heavy atom. The quantitative estimate of drug-likeness (QED) is 0.118. The lowest BCUT2D eigenvalue weighted by atomic mass is 10.1. The molecule has 0 saturated carbocycles. The molecule has 0 radical (unpaired) electrons. The molecule has 4 heterocycles. The van der Waals surface area contributed by atoms with Crippen LogP contribution in [0.2, 0.25) is 0 Å². The Balaban J connectivity index is 0.000000222. The van der Waals surface area contributed by atoms with E-state index in [1.807, 2.05) is 52.0 Å². The number of hydrogen-bond acceptors (Lipinski definition) is 8. The van der Waals surface area contributed by atoms with Gasteiger partial charge in [0.2, 0.25) is 0 Å². The summed E-state index contributed by atoms with van der Waals surface area (Å²) in [5.74, 6) is 17.3. The smallest absolute Gasteiger partial charge is 0.281 e. The first-order valence-corrected chi connectivity index (χ1v) is 12.1. The van der Waals surface area contributed by atoms with Crippen LogP contribution in [-0.2, 0) is 0 Å². The highest BCUT2D eigenvalue weighted by Gasteiger charge is 2.37. The number of nitrogens with two attached hydrogens (primary N) is 4. The number of benzene rings is 2. The molecule has 12 heteroatoms. The number of amides is 4. The first-order chi connectivity index (χ1) is 19.0. The first-order valence-electron chi connectivity index (χ1n) is 12.1. The number of fused-ring (bicyclic) bond motifs is 2. The lowest BCUT2D eigenvalue weighted by molar-refractivity contribution is 0.0653. The molecule has 2 aliphatic rings. The van der Waals surface area contributed by atoms with Crippen molar-refractivity contribution in [2.75, 3.05) is 10.9 Å². The molecular formula is C29H36N8O4. The Hall–Kier alpha value is -5.04.